The SMILES string of the molecule is C=CCO[C@@]12Oc3ccc(OC(=O)NCCCCCCCCCCCC)cc3[C@H]3[C@H](CCCCO)[C@@H](CCCCO)C=C(C(=NOCC)C[C@@H]1N(Cc1ccc4c(c1)OCO4)C(=O)Oc1ccc([N+](=O)[O-])cc1)[C@H]32. The maximum atomic E-state index is 15.1. The summed E-state index contributed by atoms with van der Waals surface area (Å²) in [5.74, 6) is -0.870. The number of hydrogen-bond acceptors (Lipinski definition) is 14. The minimum atomic E-state index is -1.64. The smallest absolute Gasteiger partial charge is 0.416 e. The molecule has 0 bridgehead atoms. The Morgan fingerprint density at radius 1 is 0.851 bits per heavy atom. The van der Waals surface area contributed by atoms with Crippen molar-refractivity contribution in [2.45, 2.75) is 147 Å². The van der Waals surface area contributed by atoms with Crippen LogP contribution < -0.4 is 29.0 Å². The van der Waals surface area contributed by atoms with E-state index < -0.39 is 40.8 Å². The number of nitro benzene ring substituents is 1. The minimum Gasteiger partial charge on any atom is -0.459 e. The second-order valence-corrected chi connectivity index (χ2v) is 19.6. The number of oxime groups is 1. The number of ether oxygens (including phenoxy) is 6. The van der Waals surface area contributed by atoms with Crippen molar-refractivity contribution in [1.29, 1.82) is 0 Å². The van der Waals surface area contributed by atoms with Gasteiger partial charge in [-0.15, -0.1) is 6.58 Å². The Labute approximate surface area is 435 Å². The Morgan fingerprint density at radius 2 is 1.54 bits per heavy atom. The number of non-ortho nitro benzene ring substituents is 1. The third kappa shape index (κ3) is 14.0. The molecule has 2 aliphatic heterocycles. The third-order valence-electron chi connectivity index (χ3n) is 14.6. The quantitative estimate of drug-likeness (QED) is 0.0246. The molecule has 0 aromatic heterocycles. The van der Waals surface area contributed by atoms with Crippen LogP contribution in [0.2, 0.25) is 0 Å². The van der Waals surface area contributed by atoms with Gasteiger partial charge in [0.25, 0.3) is 5.69 Å². The number of nitro groups is 1. The molecule has 0 radical (unpaired) electrons. The number of carbonyl (C=O) groups is 2. The summed E-state index contributed by atoms with van der Waals surface area (Å²) in [7, 11) is 0. The largest absolute Gasteiger partial charge is 0.459 e. The van der Waals surface area contributed by atoms with Gasteiger partial charge in [-0.25, -0.2) is 9.59 Å². The van der Waals surface area contributed by atoms with Gasteiger partial charge in [0, 0.05) is 56.3 Å². The lowest BCUT2D eigenvalue weighted by Gasteiger charge is -2.59. The Bertz CT molecular complexity index is 2390. The number of nitrogens with one attached hydrogen (secondary N) is 1. The summed E-state index contributed by atoms with van der Waals surface area (Å²) < 4.78 is 38.0. The molecule has 17 heteroatoms. The Kier molecular flexibility index (Phi) is 21.0. The van der Waals surface area contributed by atoms with Crippen LogP contribution in [0.25, 0.3) is 0 Å². The molecule has 0 spiro atoms. The predicted molar refractivity (Wildman–Crippen MR) is 280 cm³/mol. The van der Waals surface area contributed by atoms with E-state index in [1.807, 2.05) is 19.1 Å². The van der Waals surface area contributed by atoms with Crippen molar-refractivity contribution in [3.05, 3.63) is 106 Å². The lowest BCUT2D eigenvalue weighted by atomic mass is 9.55. The molecule has 3 aromatic rings. The van der Waals surface area contributed by atoms with Gasteiger partial charge in [0.05, 0.1) is 23.2 Å². The van der Waals surface area contributed by atoms with E-state index in [9.17, 15) is 25.1 Å². The van der Waals surface area contributed by atoms with Crippen molar-refractivity contribution in [1.82, 2.24) is 10.2 Å². The minimum absolute atomic E-state index is 0.0189. The number of rotatable bonds is 30. The van der Waals surface area contributed by atoms with Gasteiger partial charge in [0.15, 0.2) is 11.5 Å². The normalized spacial score (nSPS) is 21.6. The number of fused-ring (bicyclic) bond motifs is 3. The van der Waals surface area contributed by atoms with E-state index in [1.54, 1.807) is 35.2 Å². The van der Waals surface area contributed by atoms with E-state index in [0.29, 0.717) is 66.5 Å². The number of benzene rings is 3. The zero-order valence-corrected chi connectivity index (χ0v) is 43.2. The number of aliphatic hydroxyl groups excluding tert-OH is 2. The average molecular weight is 1030 g/mol. The molecule has 0 saturated heterocycles. The molecule has 7 rings (SSSR count). The van der Waals surface area contributed by atoms with Gasteiger partial charge in [0.2, 0.25) is 12.6 Å². The first-order valence-electron chi connectivity index (χ1n) is 26.9. The highest BCUT2D eigenvalue weighted by molar-refractivity contribution is 6.03. The standard InChI is InChI=1S/C57H76N4O13/c1-4-7-8-9-10-11-12-13-14-17-30-58-55(64)72-44-27-29-49-47(36-44)53-45(21-16-19-32-63)41(20-15-18-31-62)35-46-48(59-71-6-3)37-52(57(74-49,54(46)53)70-33-5-2)60(38-40-22-28-50-51(34-40)69-39-68-50)56(65)73-43-25-23-42(24-26-43)61(66)67/h5,22-29,34-36,41,45,52-54,62-63H,2,4,6-21,30-33,37-39H2,1,3H3,(H,58,64)/t41-,45+,52-,53+,54+,57+/m0/s1. The number of carbonyl (C=O) groups excluding carboxylic acids is 2. The fourth-order valence-electron chi connectivity index (χ4n) is 11.1. The van der Waals surface area contributed by atoms with Crippen LogP contribution in [-0.2, 0) is 16.1 Å². The number of nitrogens with zero attached hydrogens (tertiary/aromatic N) is 3. The van der Waals surface area contributed by atoms with Crippen LogP contribution in [0.4, 0.5) is 15.3 Å². The van der Waals surface area contributed by atoms with Gasteiger partial charge >= 0.3 is 12.2 Å². The van der Waals surface area contributed by atoms with E-state index in [-0.39, 0.29) is 69.5 Å². The van der Waals surface area contributed by atoms with Crippen LogP contribution in [0.3, 0.4) is 0 Å². The summed E-state index contributed by atoms with van der Waals surface area (Å²) in [6, 6.07) is 15.1. The third-order valence-corrected chi connectivity index (χ3v) is 14.6. The Balaban J connectivity index is 1.29. The van der Waals surface area contributed by atoms with Crippen molar-refractivity contribution in [2.75, 3.05) is 39.8 Å². The molecule has 402 valence electrons. The molecule has 6 atom stereocenters. The molecule has 4 aliphatic rings. The lowest BCUT2D eigenvalue weighted by molar-refractivity contribution is -0.384. The zero-order chi connectivity index (χ0) is 52.3. The summed E-state index contributed by atoms with van der Waals surface area (Å²) in [4.78, 5) is 47.1. The molecule has 3 N–H and O–H groups in total. The summed E-state index contributed by atoms with van der Waals surface area (Å²) in [6.45, 7) is 8.97. The first-order chi connectivity index (χ1) is 36.1. The number of aliphatic hydroxyl groups is 2. The Morgan fingerprint density at radius 3 is 2.24 bits per heavy atom. The monoisotopic (exact) mass is 1020 g/mol. The van der Waals surface area contributed by atoms with Crippen molar-refractivity contribution >= 4 is 23.6 Å². The first kappa shape index (κ1) is 55.6. The van der Waals surface area contributed by atoms with Crippen molar-refractivity contribution in [3.8, 4) is 28.7 Å². The molecular formula is C57H76N4O13. The van der Waals surface area contributed by atoms with E-state index in [0.717, 1.165) is 43.2 Å². The molecular weight excluding hydrogens is 949 g/mol. The van der Waals surface area contributed by atoms with E-state index >= 15 is 4.79 Å². The number of hydrogen-bond donors (Lipinski definition) is 3. The maximum absolute atomic E-state index is 15.1. The topological polar surface area (TPSA) is 210 Å². The van der Waals surface area contributed by atoms with Crippen molar-refractivity contribution in [2.24, 2.45) is 22.9 Å². The molecule has 1 fully saturated rings. The number of unbranched alkanes of at least 4 members (excludes halogenated alkanes) is 11. The van der Waals surface area contributed by atoms with E-state index in [2.05, 4.69) is 24.9 Å². The van der Waals surface area contributed by atoms with Crippen LogP contribution in [0, 0.1) is 27.9 Å². The highest BCUT2D eigenvalue weighted by atomic mass is 16.7. The van der Waals surface area contributed by atoms with E-state index in [1.165, 1.54) is 69.2 Å². The van der Waals surface area contributed by atoms with Gasteiger partial charge in [-0.3, -0.25) is 15.0 Å². The number of amides is 2. The van der Waals surface area contributed by atoms with Crippen LogP contribution in [-0.4, -0.2) is 89.5 Å². The van der Waals surface area contributed by atoms with Crippen molar-refractivity contribution in [3.63, 3.8) is 0 Å². The zero-order valence-electron chi connectivity index (χ0n) is 43.2. The van der Waals surface area contributed by atoms with Crippen LogP contribution >= 0.6 is 0 Å². The van der Waals surface area contributed by atoms with Gasteiger partial charge < -0.3 is 48.8 Å². The van der Waals surface area contributed by atoms with Crippen LogP contribution in [0.1, 0.15) is 140 Å². The molecule has 2 aliphatic carbocycles. The average Bonchev–Trinajstić information content (AvgIpc) is 3.89. The highest BCUT2D eigenvalue weighted by Crippen LogP contribution is 2.62. The maximum Gasteiger partial charge on any atom is 0.416 e. The molecule has 0 unspecified atom stereocenters. The summed E-state index contributed by atoms with van der Waals surface area (Å²) in [5, 5.41) is 39.4. The van der Waals surface area contributed by atoms with Gasteiger partial charge in [0.1, 0.15) is 29.9 Å². The molecule has 1 saturated carbocycles. The molecule has 2 heterocycles. The predicted octanol–water partition coefficient (Wildman–Crippen LogP) is 11.7. The van der Waals surface area contributed by atoms with Crippen molar-refractivity contribution < 1.29 is 58.0 Å². The summed E-state index contributed by atoms with van der Waals surface area (Å²) >= 11 is 0. The first-order valence-corrected chi connectivity index (χ1v) is 26.9. The summed E-state index contributed by atoms with van der Waals surface area (Å²) in [6.07, 6.45) is 18.6. The molecule has 2 amide bonds. The lowest BCUT2D eigenvalue weighted by Crippen LogP contribution is -2.70. The van der Waals surface area contributed by atoms with Gasteiger partial charge in [-0.05, 0) is 104 Å². The van der Waals surface area contributed by atoms with Crippen LogP contribution in [0.15, 0.2) is 90.1 Å². The number of allylic oxidation sites excluding steroid dienone is 1. The second-order valence-electron chi connectivity index (χ2n) is 19.6. The second kappa shape index (κ2) is 27.9. The van der Waals surface area contributed by atoms with E-state index in [4.69, 9.17) is 38.4 Å². The summed E-state index contributed by atoms with van der Waals surface area (Å²) in [5.41, 5.74) is 2.70. The fourth-order valence-corrected chi connectivity index (χ4v) is 11.1. The highest BCUT2D eigenvalue weighted by Gasteiger charge is 2.66. The van der Waals surface area contributed by atoms with Gasteiger partial charge in [-0.1, -0.05) is 101 Å². The van der Waals surface area contributed by atoms with Crippen LogP contribution in [0.5, 0.6) is 28.7 Å². The molecule has 17 nitrogen and oxygen atoms in total. The molecule has 74 heavy (non-hydrogen) atoms. The fraction of sp³-hybridized carbons (Fsp3) is 0.561. The Hall–Kier alpha value is -6.17. The van der Waals surface area contributed by atoms with Gasteiger partial charge in [-0.2, -0.15) is 0 Å². The molecule has 3 aromatic carbocycles.